The summed E-state index contributed by atoms with van der Waals surface area (Å²) in [4.78, 5) is 10.6. The van der Waals surface area contributed by atoms with E-state index in [1.54, 1.807) is 13.8 Å². The van der Waals surface area contributed by atoms with Crippen molar-refractivity contribution in [1.29, 1.82) is 0 Å². The third-order valence-corrected chi connectivity index (χ3v) is 1.38. The summed E-state index contributed by atoms with van der Waals surface area (Å²) in [5, 5.41) is 2.23. The number of amides is 1. The van der Waals surface area contributed by atoms with Crippen molar-refractivity contribution in [2.45, 2.75) is 38.9 Å². The Hall–Kier alpha value is -0.740. The second kappa shape index (κ2) is 4.33. The van der Waals surface area contributed by atoms with Crippen LogP contribution in [0.1, 0.15) is 26.7 Å². The van der Waals surface area contributed by atoms with E-state index in [4.69, 9.17) is 0 Å². The maximum absolute atomic E-state index is 11.6. The second-order valence-corrected chi connectivity index (χ2v) is 2.67. The van der Waals surface area contributed by atoms with Gasteiger partial charge in [-0.25, -0.2) is 0 Å². The summed E-state index contributed by atoms with van der Waals surface area (Å²) in [5.74, 6) is -0.961. The minimum atomic E-state index is -4.41. The average molecular weight is 183 g/mol. The predicted octanol–water partition coefficient (Wildman–Crippen LogP) is 1.85. The third kappa shape index (κ3) is 6.00. The van der Waals surface area contributed by atoms with Gasteiger partial charge in [-0.15, -0.1) is 0 Å². The van der Waals surface area contributed by atoms with Crippen LogP contribution in [0.25, 0.3) is 0 Å². The molecule has 0 heterocycles. The lowest BCUT2D eigenvalue weighted by Gasteiger charge is -2.12. The van der Waals surface area contributed by atoms with Crippen LogP contribution >= 0.6 is 0 Å². The van der Waals surface area contributed by atoms with Crippen LogP contribution in [0.2, 0.25) is 0 Å². The number of carbonyl (C=O) groups is 1. The first-order valence-electron chi connectivity index (χ1n) is 3.71. The zero-order chi connectivity index (χ0) is 9.78. The molecule has 0 rings (SSSR count). The van der Waals surface area contributed by atoms with Gasteiger partial charge in [0.15, 0.2) is 0 Å². The highest BCUT2D eigenvalue weighted by atomic mass is 19.4. The van der Waals surface area contributed by atoms with Gasteiger partial charge in [-0.3, -0.25) is 4.79 Å². The average Bonchev–Trinajstić information content (AvgIpc) is 1.82. The summed E-state index contributed by atoms with van der Waals surface area (Å²) < 4.78 is 34.8. The lowest BCUT2D eigenvalue weighted by atomic mass is 10.2. The molecule has 1 N–H and O–H groups in total. The topological polar surface area (TPSA) is 29.1 Å². The molecule has 0 bridgehead atoms. The fourth-order valence-electron chi connectivity index (χ4n) is 0.610. The molecule has 0 aromatic rings. The van der Waals surface area contributed by atoms with Crippen molar-refractivity contribution in [1.82, 2.24) is 5.32 Å². The van der Waals surface area contributed by atoms with Crippen LogP contribution in [-0.4, -0.2) is 18.1 Å². The molecule has 72 valence electrons. The fraction of sp³-hybridized carbons (Fsp3) is 0.857. The van der Waals surface area contributed by atoms with E-state index in [0.717, 1.165) is 0 Å². The Morgan fingerprint density at radius 2 is 2.00 bits per heavy atom. The van der Waals surface area contributed by atoms with E-state index in [1.807, 2.05) is 0 Å². The largest absolute Gasteiger partial charge is 0.397 e. The standard InChI is InChI=1S/C7H12F3NO/c1-3-5(2)11-6(12)4-7(8,9)10/h5H,3-4H2,1-2H3,(H,11,12). The van der Waals surface area contributed by atoms with Crippen LogP contribution < -0.4 is 5.32 Å². The molecule has 0 fully saturated rings. The van der Waals surface area contributed by atoms with Crippen LogP contribution in [0.4, 0.5) is 13.2 Å². The first-order valence-corrected chi connectivity index (χ1v) is 3.71. The quantitative estimate of drug-likeness (QED) is 0.710. The summed E-state index contributed by atoms with van der Waals surface area (Å²) in [6.07, 6.45) is -5.17. The van der Waals surface area contributed by atoms with Crippen molar-refractivity contribution >= 4 is 5.91 Å². The molecule has 0 saturated heterocycles. The Morgan fingerprint density at radius 1 is 1.50 bits per heavy atom. The molecule has 2 nitrogen and oxygen atoms in total. The summed E-state index contributed by atoms with van der Waals surface area (Å²) in [6, 6.07) is -0.195. The van der Waals surface area contributed by atoms with Crippen molar-refractivity contribution < 1.29 is 18.0 Å². The maximum Gasteiger partial charge on any atom is 0.397 e. The van der Waals surface area contributed by atoms with E-state index in [1.165, 1.54) is 0 Å². The molecule has 1 unspecified atom stereocenters. The molecule has 5 heteroatoms. The van der Waals surface area contributed by atoms with Crippen molar-refractivity contribution in [3.63, 3.8) is 0 Å². The van der Waals surface area contributed by atoms with Crippen LogP contribution in [0.3, 0.4) is 0 Å². The van der Waals surface area contributed by atoms with Gasteiger partial charge in [0.05, 0.1) is 0 Å². The number of halogens is 3. The molecule has 0 aromatic carbocycles. The van der Waals surface area contributed by atoms with Gasteiger partial charge >= 0.3 is 6.18 Å². The van der Waals surface area contributed by atoms with Crippen LogP contribution in [0.5, 0.6) is 0 Å². The van der Waals surface area contributed by atoms with Crippen molar-refractivity contribution in [3.8, 4) is 0 Å². The number of carbonyl (C=O) groups excluding carboxylic acids is 1. The minimum Gasteiger partial charge on any atom is -0.353 e. The normalized spacial score (nSPS) is 14.1. The Labute approximate surface area is 69.1 Å². The zero-order valence-electron chi connectivity index (χ0n) is 7.03. The van der Waals surface area contributed by atoms with E-state index in [0.29, 0.717) is 6.42 Å². The Morgan fingerprint density at radius 3 is 2.33 bits per heavy atom. The van der Waals surface area contributed by atoms with Gasteiger partial charge in [0.1, 0.15) is 6.42 Å². The van der Waals surface area contributed by atoms with Gasteiger partial charge in [-0.2, -0.15) is 13.2 Å². The molecular weight excluding hydrogens is 171 g/mol. The summed E-state index contributed by atoms with van der Waals surface area (Å²) in [7, 11) is 0. The predicted molar refractivity (Wildman–Crippen MR) is 38.6 cm³/mol. The first-order chi connectivity index (χ1) is 5.35. The number of alkyl halides is 3. The molecule has 1 amide bonds. The van der Waals surface area contributed by atoms with Gasteiger partial charge in [-0.1, -0.05) is 6.92 Å². The van der Waals surface area contributed by atoms with Gasteiger partial charge in [0.2, 0.25) is 5.91 Å². The summed E-state index contributed by atoms with van der Waals surface area (Å²) in [6.45, 7) is 3.45. The Balaban J connectivity index is 3.75. The van der Waals surface area contributed by atoms with Gasteiger partial charge in [-0.05, 0) is 13.3 Å². The van der Waals surface area contributed by atoms with E-state index in [9.17, 15) is 18.0 Å². The number of nitrogens with one attached hydrogen (secondary N) is 1. The highest BCUT2D eigenvalue weighted by Crippen LogP contribution is 2.18. The highest BCUT2D eigenvalue weighted by molar-refractivity contribution is 5.76. The van der Waals surface area contributed by atoms with Crippen LogP contribution in [-0.2, 0) is 4.79 Å². The monoisotopic (exact) mass is 183 g/mol. The van der Waals surface area contributed by atoms with Gasteiger partial charge < -0.3 is 5.32 Å². The lowest BCUT2D eigenvalue weighted by molar-refractivity contribution is -0.154. The maximum atomic E-state index is 11.6. The molecule has 0 aliphatic heterocycles. The molecular formula is C7H12F3NO. The van der Waals surface area contributed by atoms with E-state index < -0.39 is 18.5 Å². The van der Waals surface area contributed by atoms with Crippen molar-refractivity contribution in [2.75, 3.05) is 0 Å². The first kappa shape index (κ1) is 11.3. The van der Waals surface area contributed by atoms with Crippen molar-refractivity contribution in [3.05, 3.63) is 0 Å². The molecule has 0 aliphatic carbocycles. The minimum absolute atomic E-state index is 0.195. The number of hydrogen-bond donors (Lipinski definition) is 1. The third-order valence-electron chi connectivity index (χ3n) is 1.38. The van der Waals surface area contributed by atoms with Gasteiger partial charge in [0, 0.05) is 6.04 Å². The molecule has 1 atom stereocenters. The Kier molecular flexibility index (Phi) is 4.06. The van der Waals surface area contributed by atoms with Crippen LogP contribution in [0.15, 0.2) is 0 Å². The molecule has 0 saturated carbocycles. The van der Waals surface area contributed by atoms with Gasteiger partial charge in [0.25, 0.3) is 0 Å². The van der Waals surface area contributed by atoms with E-state index >= 15 is 0 Å². The smallest absolute Gasteiger partial charge is 0.353 e. The van der Waals surface area contributed by atoms with E-state index in [-0.39, 0.29) is 6.04 Å². The van der Waals surface area contributed by atoms with E-state index in [2.05, 4.69) is 5.32 Å². The SMILES string of the molecule is CCC(C)NC(=O)CC(F)(F)F. The summed E-state index contributed by atoms with van der Waals surface area (Å²) >= 11 is 0. The fourth-order valence-corrected chi connectivity index (χ4v) is 0.610. The summed E-state index contributed by atoms with van der Waals surface area (Å²) in [5.41, 5.74) is 0. The molecule has 0 aromatic heterocycles. The Bertz CT molecular complexity index is 155. The molecule has 0 radical (unpaired) electrons. The number of rotatable bonds is 3. The van der Waals surface area contributed by atoms with Crippen molar-refractivity contribution in [2.24, 2.45) is 0 Å². The highest BCUT2D eigenvalue weighted by Gasteiger charge is 2.31. The van der Waals surface area contributed by atoms with Crippen LogP contribution in [0, 0.1) is 0 Å². The zero-order valence-corrected chi connectivity index (χ0v) is 7.03. The molecule has 12 heavy (non-hydrogen) atoms. The molecule has 0 spiro atoms. The lowest BCUT2D eigenvalue weighted by Crippen LogP contribution is -2.34. The molecule has 0 aliphatic rings. The number of hydrogen-bond acceptors (Lipinski definition) is 1. The second-order valence-electron chi connectivity index (χ2n) is 2.67.